The fourth-order valence-corrected chi connectivity index (χ4v) is 1.46. The monoisotopic (exact) mass is 260 g/mol. The zero-order chi connectivity index (χ0) is 13.9. The molecule has 0 aliphatic rings. The van der Waals surface area contributed by atoms with Crippen molar-refractivity contribution >= 4 is 0 Å². The Morgan fingerprint density at radius 1 is 1.44 bits per heavy atom. The Labute approximate surface area is 102 Å². The molecule has 0 saturated carbocycles. The van der Waals surface area contributed by atoms with E-state index in [1.54, 1.807) is 0 Å². The Bertz CT molecular complexity index is 504. The number of nitrogens with zero attached hydrogens (tertiary/aromatic N) is 1. The molecule has 102 valence electrons. The SMILES string of the molecule is COC(CO)C(O)C(O)n1cc(C)c(=O)[nH]c1=O. The quantitative estimate of drug-likeness (QED) is 0.472. The number of aromatic amines is 1. The number of rotatable bonds is 5. The van der Waals surface area contributed by atoms with Gasteiger partial charge in [0, 0.05) is 18.9 Å². The minimum absolute atomic E-state index is 0.207. The van der Waals surface area contributed by atoms with E-state index in [0.29, 0.717) is 0 Å². The summed E-state index contributed by atoms with van der Waals surface area (Å²) in [5.41, 5.74) is -1.22. The standard InChI is InChI=1S/C10H16N2O6/c1-5-3-12(10(17)11-8(5)15)9(16)7(14)6(4-13)18-2/h3,6-7,9,13-14,16H,4H2,1-2H3,(H,11,15,17). The van der Waals surface area contributed by atoms with E-state index in [9.17, 15) is 19.8 Å². The van der Waals surface area contributed by atoms with E-state index in [0.717, 1.165) is 10.8 Å². The lowest BCUT2D eigenvalue weighted by molar-refractivity contribution is -0.118. The molecule has 0 bridgehead atoms. The first-order valence-corrected chi connectivity index (χ1v) is 5.24. The third-order valence-corrected chi connectivity index (χ3v) is 2.60. The molecule has 0 amide bonds. The van der Waals surface area contributed by atoms with E-state index in [1.807, 2.05) is 4.98 Å². The minimum Gasteiger partial charge on any atom is -0.394 e. The number of aliphatic hydroxyl groups excluding tert-OH is 3. The number of aliphatic hydroxyl groups is 3. The molecular weight excluding hydrogens is 244 g/mol. The predicted octanol–water partition coefficient (Wildman–Crippen LogP) is -2.30. The van der Waals surface area contributed by atoms with Crippen LogP contribution >= 0.6 is 0 Å². The third-order valence-electron chi connectivity index (χ3n) is 2.60. The second kappa shape index (κ2) is 5.91. The fraction of sp³-hybridized carbons (Fsp3) is 0.600. The van der Waals surface area contributed by atoms with Crippen LogP contribution in [0.15, 0.2) is 15.8 Å². The highest BCUT2D eigenvalue weighted by Gasteiger charge is 2.28. The molecule has 1 rings (SSSR count). The highest BCUT2D eigenvalue weighted by atomic mass is 16.5. The molecule has 0 aliphatic heterocycles. The Morgan fingerprint density at radius 2 is 2.06 bits per heavy atom. The Kier molecular flexibility index (Phi) is 4.79. The van der Waals surface area contributed by atoms with Gasteiger partial charge in [-0.2, -0.15) is 0 Å². The molecule has 3 atom stereocenters. The molecule has 0 radical (unpaired) electrons. The van der Waals surface area contributed by atoms with Gasteiger partial charge in [-0.25, -0.2) is 4.79 Å². The van der Waals surface area contributed by atoms with E-state index < -0.39 is 36.3 Å². The molecule has 0 aromatic carbocycles. The molecule has 1 aromatic heterocycles. The number of nitrogens with one attached hydrogen (secondary N) is 1. The van der Waals surface area contributed by atoms with Crippen LogP contribution in [0.1, 0.15) is 11.8 Å². The molecule has 4 N–H and O–H groups in total. The van der Waals surface area contributed by atoms with Gasteiger partial charge < -0.3 is 20.1 Å². The largest absolute Gasteiger partial charge is 0.394 e. The topological polar surface area (TPSA) is 125 Å². The van der Waals surface area contributed by atoms with Crippen LogP contribution in [-0.4, -0.2) is 50.8 Å². The second-order valence-corrected chi connectivity index (χ2v) is 3.84. The van der Waals surface area contributed by atoms with Crippen LogP contribution in [0.25, 0.3) is 0 Å². The molecule has 0 spiro atoms. The summed E-state index contributed by atoms with van der Waals surface area (Å²) in [4.78, 5) is 24.6. The molecule has 8 heteroatoms. The molecule has 0 saturated heterocycles. The van der Waals surface area contributed by atoms with Crippen LogP contribution in [0.2, 0.25) is 0 Å². The van der Waals surface area contributed by atoms with Gasteiger partial charge >= 0.3 is 5.69 Å². The summed E-state index contributed by atoms with van der Waals surface area (Å²) in [6, 6.07) is 0. The maximum Gasteiger partial charge on any atom is 0.330 e. The lowest BCUT2D eigenvalue weighted by Gasteiger charge is -2.25. The summed E-state index contributed by atoms with van der Waals surface area (Å²) >= 11 is 0. The Balaban J connectivity index is 3.11. The molecule has 3 unspecified atom stereocenters. The predicted molar refractivity (Wildman–Crippen MR) is 61.2 cm³/mol. The van der Waals surface area contributed by atoms with Crippen molar-refractivity contribution in [1.82, 2.24) is 9.55 Å². The van der Waals surface area contributed by atoms with Crippen LogP contribution in [0.4, 0.5) is 0 Å². The van der Waals surface area contributed by atoms with Crippen LogP contribution in [0.5, 0.6) is 0 Å². The zero-order valence-corrected chi connectivity index (χ0v) is 10.0. The van der Waals surface area contributed by atoms with Crippen molar-refractivity contribution in [3.63, 3.8) is 0 Å². The van der Waals surface area contributed by atoms with E-state index in [2.05, 4.69) is 0 Å². The molecule has 1 aromatic rings. The first kappa shape index (κ1) is 14.6. The number of aromatic nitrogens is 2. The zero-order valence-electron chi connectivity index (χ0n) is 10.0. The van der Waals surface area contributed by atoms with Gasteiger partial charge in [-0.05, 0) is 6.92 Å². The van der Waals surface area contributed by atoms with Gasteiger partial charge in [0.15, 0.2) is 6.23 Å². The van der Waals surface area contributed by atoms with Gasteiger partial charge in [0.25, 0.3) is 5.56 Å². The first-order chi connectivity index (χ1) is 8.42. The molecule has 0 fully saturated rings. The number of hydrogen-bond acceptors (Lipinski definition) is 6. The van der Waals surface area contributed by atoms with Crippen LogP contribution in [0.3, 0.4) is 0 Å². The average molecular weight is 260 g/mol. The van der Waals surface area contributed by atoms with Gasteiger partial charge in [-0.15, -0.1) is 0 Å². The van der Waals surface area contributed by atoms with E-state index in [-0.39, 0.29) is 5.56 Å². The van der Waals surface area contributed by atoms with Crippen molar-refractivity contribution in [1.29, 1.82) is 0 Å². The summed E-state index contributed by atoms with van der Waals surface area (Å²) < 4.78 is 5.52. The van der Waals surface area contributed by atoms with Gasteiger partial charge in [-0.1, -0.05) is 0 Å². The van der Waals surface area contributed by atoms with Gasteiger partial charge in [-0.3, -0.25) is 14.3 Å². The smallest absolute Gasteiger partial charge is 0.330 e. The summed E-state index contributed by atoms with van der Waals surface area (Å²) in [6.07, 6.45) is -3.06. The summed E-state index contributed by atoms with van der Waals surface area (Å²) in [5.74, 6) is 0. The van der Waals surface area contributed by atoms with Crippen molar-refractivity contribution in [2.24, 2.45) is 0 Å². The Hall–Kier alpha value is -1.48. The fourth-order valence-electron chi connectivity index (χ4n) is 1.46. The van der Waals surface area contributed by atoms with Gasteiger partial charge in [0.1, 0.15) is 12.2 Å². The number of aryl methyl sites for hydroxylation is 1. The van der Waals surface area contributed by atoms with Crippen molar-refractivity contribution in [2.45, 2.75) is 25.4 Å². The second-order valence-electron chi connectivity index (χ2n) is 3.84. The van der Waals surface area contributed by atoms with E-state index in [1.165, 1.54) is 14.0 Å². The van der Waals surface area contributed by atoms with Crippen LogP contribution in [-0.2, 0) is 4.74 Å². The van der Waals surface area contributed by atoms with E-state index >= 15 is 0 Å². The molecule has 8 nitrogen and oxygen atoms in total. The first-order valence-electron chi connectivity index (χ1n) is 5.24. The van der Waals surface area contributed by atoms with Crippen molar-refractivity contribution in [3.05, 3.63) is 32.6 Å². The lowest BCUT2D eigenvalue weighted by atomic mass is 10.2. The van der Waals surface area contributed by atoms with Crippen molar-refractivity contribution in [3.8, 4) is 0 Å². The number of hydrogen-bond donors (Lipinski definition) is 4. The Morgan fingerprint density at radius 3 is 2.56 bits per heavy atom. The minimum atomic E-state index is -1.63. The summed E-state index contributed by atoms with van der Waals surface area (Å²) in [6.45, 7) is 0.930. The van der Waals surface area contributed by atoms with Gasteiger partial charge in [0.2, 0.25) is 0 Å². The molecular formula is C10H16N2O6. The van der Waals surface area contributed by atoms with E-state index in [4.69, 9.17) is 9.84 Å². The highest BCUT2D eigenvalue weighted by molar-refractivity contribution is 5.01. The van der Waals surface area contributed by atoms with Crippen molar-refractivity contribution < 1.29 is 20.1 Å². The third kappa shape index (κ3) is 2.85. The van der Waals surface area contributed by atoms with Crippen LogP contribution < -0.4 is 11.2 Å². The lowest BCUT2D eigenvalue weighted by Crippen LogP contribution is -2.43. The summed E-state index contributed by atoms with van der Waals surface area (Å²) in [5, 5.41) is 28.5. The number of ether oxygens (including phenoxy) is 1. The highest BCUT2D eigenvalue weighted by Crippen LogP contribution is 2.11. The number of H-pyrrole nitrogens is 1. The molecule has 0 aliphatic carbocycles. The summed E-state index contributed by atoms with van der Waals surface area (Å²) in [7, 11) is 1.25. The molecule has 1 heterocycles. The maximum atomic E-state index is 11.5. The average Bonchev–Trinajstić information content (AvgIpc) is 2.34. The number of methoxy groups -OCH3 is 1. The molecule has 18 heavy (non-hydrogen) atoms. The maximum absolute atomic E-state index is 11.5. The van der Waals surface area contributed by atoms with Crippen molar-refractivity contribution in [2.75, 3.05) is 13.7 Å². The normalized spacial score (nSPS) is 16.3. The van der Waals surface area contributed by atoms with Crippen LogP contribution in [0, 0.1) is 6.92 Å². The van der Waals surface area contributed by atoms with Gasteiger partial charge in [0.05, 0.1) is 6.61 Å².